The van der Waals surface area contributed by atoms with E-state index >= 15 is 0 Å². The molecule has 0 spiro atoms. The van der Waals surface area contributed by atoms with Gasteiger partial charge in [-0.2, -0.15) is 0 Å². The number of ether oxygens (including phenoxy) is 1. The zero-order chi connectivity index (χ0) is 14.7. The van der Waals surface area contributed by atoms with E-state index in [9.17, 15) is 9.59 Å². The summed E-state index contributed by atoms with van der Waals surface area (Å²) in [5.41, 5.74) is 0. The van der Waals surface area contributed by atoms with Crippen molar-refractivity contribution in [3.05, 3.63) is 0 Å². The predicted octanol–water partition coefficient (Wildman–Crippen LogP) is 1.52. The lowest BCUT2D eigenvalue weighted by molar-refractivity contribution is -0.141. The first kappa shape index (κ1) is 17.9. The van der Waals surface area contributed by atoms with Gasteiger partial charge in [0.1, 0.15) is 0 Å². The fourth-order valence-corrected chi connectivity index (χ4v) is 1.89. The van der Waals surface area contributed by atoms with Gasteiger partial charge in [-0.3, -0.25) is 14.5 Å². The monoisotopic (exact) mass is 272 g/mol. The third-order valence-corrected chi connectivity index (χ3v) is 3.01. The number of carbonyl (C=O) groups is 2. The highest BCUT2D eigenvalue weighted by Crippen LogP contribution is 2.00. The van der Waals surface area contributed by atoms with Gasteiger partial charge in [0, 0.05) is 19.6 Å². The van der Waals surface area contributed by atoms with Crippen molar-refractivity contribution >= 4 is 11.9 Å². The van der Waals surface area contributed by atoms with E-state index in [-0.39, 0.29) is 11.9 Å². The van der Waals surface area contributed by atoms with Crippen LogP contribution in [0.3, 0.4) is 0 Å². The van der Waals surface area contributed by atoms with E-state index in [1.807, 2.05) is 16.7 Å². The van der Waals surface area contributed by atoms with Gasteiger partial charge >= 0.3 is 5.97 Å². The Balaban J connectivity index is 4.25. The molecule has 0 aromatic heterocycles. The molecule has 0 atom stereocenters. The average molecular weight is 272 g/mol. The van der Waals surface area contributed by atoms with E-state index in [4.69, 9.17) is 0 Å². The summed E-state index contributed by atoms with van der Waals surface area (Å²) in [5, 5.41) is 0. The molecular formula is C14H28N2O3. The molecule has 5 nitrogen and oxygen atoms in total. The van der Waals surface area contributed by atoms with Crippen LogP contribution in [0.4, 0.5) is 0 Å². The van der Waals surface area contributed by atoms with Gasteiger partial charge < -0.3 is 9.64 Å². The Labute approximate surface area is 116 Å². The maximum atomic E-state index is 12.2. The fraction of sp³-hybridized carbons (Fsp3) is 0.857. The number of hydrogen-bond acceptors (Lipinski definition) is 4. The van der Waals surface area contributed by atoms with E-state index in [0.29, 0.717) is 19.5 Å². The summed E-state index contributed by atoms with van der Waals surface area (Å²) in [6.07, 6.45) is 2.28. The number of rotatable bonds is 10. The van der Waals surface area contributed by atoms with Crippen molar-refractivity contribution in [1.29, 1.82) is 0 Å². The van der Waals surface area contributed by atoms with Crippen molar-refractivity contribution < 1.29 is 14.3 Å². The van der Waals surface area contributed by atoms with Gasteiger partial charge in [-0.25, -0.2) is 0 Å². The Bertz CT molecular complexity index is 263. The molecule has 0 aliphatic carbocycles. The minimum atomic E-state index is -0.232. The smallest absolute Gasteiger partial charge is 0.306 e. The minimum Gasteiger partial charge on any atom is -0.469 e. The number of amides is 1. The quantitative estimate of drug-likeness (QED) is 0.566. The zero-order valence-corrected chi connectivity index (χ0v) is 12.8. The molecule has 0 saturated heterocycles. The Morgan fingerprint density at radius 1 is 1.00 bits per heavy atom. The van der Waals surface area contributed by atoms with Gasteiger partial charge in [0.15, 0.2) is 0 Å². The van der Waals surface area contributed by atoms with Crippen molar-refractivity contribution in [3.63, 3.8) is 0 Å². The number of nitrogens with zero attached hydrogens (tertiary/aromatic N) is 2. The van der Waals surface area contributed by atoms with Crippen LogP contribution in [0.1, 0.15) is 40.0 Å². The molecule has 19 heavy (non-hydrogen) atoms. The van der Waals surface area contributed by atoms with Crippen molar-refractivity contribution in [3.8, 4) is 0 Å². The molecule has 112 valence electrons. The Morgan fingerprint density at radius 2 is 1.58 bits per heavy atom. The number of carbonyl (C=O) groups excluding carboxylic acids is 2. The van der Waals surface area contributed by atoms with Crippen molar-refractivity contribution in [2.45, 2.75) is 40.0 Å². The summed E-state index contributed by atoms with van der Waals surface area (Å²) in [6.45, 7) is 9.47. The number of likely N-dealkylation sites (N-methyl/N-ethyl adjacent to an activating group) is 1. The first-order valence-electron chi connectivity index (χ1n) is 7.15. The second kappa shape index (κ2) is 10.8. The molecule has 0 N–H and O–H groups in total. The standard InChI is InChI=1S/C14H28N2O3/c1-5-9-16(10-6-2)13(17)12-15(7-3)11-8-14(18)19-4/h5-12H2,1-4H3. The molecule has 0 heterocycles. The van der Waals surface area contributed by atoms with Crippen LogP contribution in [0.2, 0.25) is 0 Å². The minimum absolute atomic E-state index is 0.149. The summed E-state index contributed by atoms with van der Waals surface area (Å²) >= 11 is 0. The van der Waals surface area contributed by atoms with Gasteiger partial charge in [-0.05, 0) is 19.4 Å². The third-order valence-electron chi connectivity index (χ3n) is 3.01. The third kappa shape index (κ3) is 7.82. The molecule has 0 rings (SSSR count). The van der Waals surface area contributed by atoms with Crippen molar-refractivity contribution in [1.82, 2.24) is 9.80 Å². The lowest BCUT2D eigenvalue weighted by Crippen LogP contribution is -2.41. The Hall–Kier alpha value is -1.10. The van der Waals surface area contributed by atoms with Gasteiger partial charge in [0.05, 0.1) is 20.1 Å². The lowest BCUT2D eigenvalue weighted by atomic mass is 10.3. The fourth-order valence-electron chi connectivity index (χ4n) is 1.89. The summed E-state index contributed by atoms with van der Waals surface area (Å²) in [5.74, 6) is -0.0831. The summed E-state index contributed by atoms with van der Waals surface area (Å²) in [4.78, 5) is 27.2. The summed E-state index contributed by atoms with van der Waals surface area (Å²) in [7, 11) is 1.38. The molecule has 0 aliphatic heterocycles. The maximum absolute atomic E-state index is 12.2. The van der Waals surface area contributed by atoms with Gasteiger partial charge in [0.2, 0.25) is 5.91 Å². The molecule has 0 aliphatic rings. The second-order valence-electron chi connectivity index (χ2n) is 4.58. The van der Waals surface area contributed by atoms with E-state index in [1.54, 1.807) is 0 Å². The van der Waals surface area contributed by atoms with Crippen LogP contribution in [0.5, 0.6) is 0 Å². The van der Waals surface area contributed by atoms with Crippen molar-refractivity contribution in [2.75, 3.05) is 39.8 Å². The SMILES string of the molecule is CCCN(CCC)C(=O)CN(CC)CCC(=O)OC. The van der Waals surface area contributed by atoms with E-state index in [2.05, 4.69) is 18.6 Å². The first-order chi connectivity index (χ1) is 9.08. The molecular weight excluding hydrogens is 244 g/mol. The van der Waals surface area contributed by atoms with Crippen LogP contribution in [-0.4, -0.2) is 61.5 Å². The molecule has 0 aromatic rings. The van der Waals surface area contributed by atoms with Gasteiger partial charge in [-0.15, -0.1) is 0 Å². The molecule has 1 amide bonds. The van der Waals surface area contributed by atoms with E-state index in [1.165, 1.54) is 7.11 Å². The van der Waals surface area contributed by atoms with E-state index < -0.39 is 0 Å². The molecule has 0 fully saturated rings. The average Bonchev–Trinajstić information content (AvgIpc) is 2.42. The van der Waals surface area contributed by atoms with Gasteiger partial charge in [0.25, 0.3) is 0 Å². The Morgan fingerprint density at radius 3 is 2.00 bits per heavy atom. The number of esters is 1. The zero-order valence-electron chi connectivity index (χ0n) is 12.8. The lowest BCUT2D eigenvalue weighted by Gasteiger charge is -2.26. The van der Waals surface area contributed by atoms with Crippen LogP contribution in [0, 0.1) is 0 Å². The summed E-state index contributed by atoms with van der Waals surface area (Å²) < 4.78 is 4.61. The first-order valence-corrected chi connectivity index (χ1v) is 7.15. The summed E-state index contributed by atoms with van der Waals surface area (Å²) in [6, 6.07) is 0. The maximum Gasteiger partial charge on any atom is 0.306 e. The molecule has 0 radical (unpaired) electrons. The van der Waals surface area contributed by atoms with Crippen molar-refractivity contribution in [2.24, 2.45) is 0 Å². The second-order valence-corrected chi connectivity index (χ2v) is 4.58. The number of hydrogen-bond donors (Lipinski definition) is 0. The molecule has 5 heteroatoms. The van der Waals surface area contributed by atoms with Crippen LogP contribution < -0.4 is 0 Å². The number of methoxy groups -OCH3 is 1. The largest absolute Gasteiger partial charge is 0.469 e. The van der Waals surface area contributed by atoms with Crippen LogP contribution >= 0.6 is 0 Å². The highest BCUT2D eigenvalue weighted by Gasteiger charge is 2.16. The van der Waals surface area contributed by atoms with Crippen LogP contribution in [0.15, 0.2) is 0 Å². The van der Waals surface area contributed by atoms with E-state index in [0.717, 1.165) is 32.5 Å². The molecule has 0 aromatic carbocycles. The van der Waals surface area contributed by atoms with Gasteiger partial charge in [-0.1, -0.05) is 20.8 Å². The highest BCUT2D eigenvalue weighted by atomic mass is 16.5. The van der Waals surface area contributed by atoms with Crippen LogP contribution in [-0.2, 0) is 14.3 Å². The molecule has 0 saturated carbocycles. The molecule has 0 bridgehead atoms. The normalized spacial score (nSPS) is 10.6. The molecule has 0 unspecified atom stereocenters. The van der Waals surface area contributed by atoms with Crippen LogP contribution in [0.25, 0.3) is 0 Å². The Kier molecular flexibility index (Phi) is 10.2. The predicted molar refractivity (Wildman–Crippen MR) is 75.9 cm³/mol. The topological polar surface area (TPSA) is 49.9 Å². The highest BCUT2D eigenvalue weighted by molar-refractivity contribution is 5.78.